The molecular weight excluding hydrogens is 452 g/mol. The molecule has 0 atom stereocenters. The van der Waals surface area contributed by atoms with Gasteiger partial charge in [0.1, 0.15) is 20.2 Å². The summed E-state index contributed by atoms with van der Waals surface area (Å²) in [7, 11) is -9.26. The number of hydrogen-bond acceptors (Lipinski definition) is 7. The summed E-state index contributed by atoms with van der Waals surface area (Å²) in [5.74, 6) is 0. The molecular formula is C17H9N3Na2O6S2. The Morgan fingerprint density at radius 1 is 0.733 bits per heavy atom. The molecule has 0 radical (unpaired) electrons. The molecule has 13 heteroatoms. The average molecular weight is 461 g/mol. The van der Waals surface area contributed by atoms with E-state index in [1.807, 2.05) is 0 Å². The first kappa shape index (κ1) is 23.7. The first-order valence-electron chi connectivity index (χ1n) is 7.90. The van der Waals surface area contributed by atoms with Gasteiger partial charge in [-0.1, -0.05) is 0 Å². The van der Waals surface area contributed by atoms with Crippen LogP contribution in [0.15, 0.2) is 52.4 Å². The zero-order chi connectivity index (χ0) is 19.8. The van der Waals surface area contributed by atoms with Crippen LogP contribution in [0.2, 0.25) is 0 Å². The van der Waals surface area contributed by atoms with Crippen molar-refractivity contribution in [2.24, 2.45) is 0 Å². The summed E-state index contributed by atoms with van der Waals surface area (Å²) >= 11 is 0. The van der Waals surface area contributed by atoms with E-state index in [9.17, 15) is 25.9 Å². The maximum atomic E-state index is 11.4. The van der Waals surface area contributed by atoms with E-state index in [0.29, 0.717) is 43.7 Å². The Kier molecular flexibility index (Phi) is 6.20. The van der Waals surface area contributed by atoms with Gasteiger partial charge in [-0.05, 0) is 36.4 Å². The molecule has 30 heavy (non-hydrogen) atoms. The SMILES string of the molecule is O=S(=O)([O-])c1ccc2[nH]c3c(ncc4[nH]c5ccc(S(=O)(=O)[O-])cc5c43)c2c1.[Na+].[Na+]. The summed E-state index contributed by atoms with van der Waals surface area (Å²) in [6.45, 7) is 0. The standard InChI is InChI=1S/C17H11N3O6S2.2Na/c21-27(22,23)8-1-3-12-10(5-8)15-14(19-12)7-18-16-11-6-9(28(24,25)26)2-4-13(11)20-17(15)16;;/h1-7,19-20H,(H,21,22,23)(H,24,25,26);;/q;2*+1/p-2. The maximum Gasteiger partial charge on any atom is 1.00 e. The van der Waals surface area contributed by atoms with Crippen molar-refractivity contribution in [1.82, 2.24) is 15.0 Å². The van der Waals surface area contributed by atoms with Gasteiger partial charge in [-0.15, -0.1) is 0 Å². The summed E-state index contributed by atoms with van der Waals surface area (Å²) < 4.78 is 68.2. The van der Waals surface area contributed by atoms with E-state index in [0.717, 1.165) is 0 Å². The molecule has 5 rings (SSSR count). The molecule has 142 valence electrons. The summed E-state index contributed by atoms with van der Waals surface area (Å²) in [6, 6.07) is 7.93. The molecule has 9 nitrogen and oxygen atoms in total. The Balaban J connectivity index is 0.00000128. The van der Waals surface area contributed by atoms with E-state index in [1.165, 1.54) is 42.6 Å². The summed E-state index contributed by atoms with van der Waals surface area (Å²) in [4.78, 5) is 9.85. The van der Waals surface area contributed by atoms with Crippen molar-refractivity contribution in [3.8, 4) is 0 Å². The van der Waals surface area contributed by atoms with Gasteiger partial charge in [-0.25, -0.2) is 16.8 Å². The van der Waals surface area contributed by atoms with E-state index < -0.39 is 20.2 Å². The maximum absolute atomic E-state index is 11.4. The largest absolute Gasteiger partial charge is 1.00 e. The van der Waals surface area contributed by atoms with Gasteiger partial charge in [0.25, 0.3) is 0 Å². The van der Waals surface area contributed by atoms with Crippen LogP contribution in [0.4, 0.5) is 0 Å². The van der Waals surface area contributed by atoms with Gasteiger partial charge in [0.15, 0.2) is 0 Å². The van der Waals surface area contributed by atoms with Crippen LogP contribution in [0.5, 0.6) is 0 Å². The number of nitrogens with one attached hydrogen (secondary N) is 2. The molecule has 2 aromatic carbocycles. The number of aromatic nitrogens is 3. The van der Waals surface area contributed by atoms with Crippen LogP contribution in [0.25, 0.3) is 43.7 Å². The zero-order valence-corrected chi connectivity index (χ0v) is 21.4. The van der Waals surface area contributed by atoms with Crippen LogP contribution < -0.4 is 59.1 Å². The van der Waals surface area contributed by atoms with Gasteiger partial charge in [0, 0.05) is 27.2 Å². The normalized spacial score (nSPS) is 12.3. The minimum atomic E-state index is -4.63. The minimum absolute atomic E-state index is 0. The minimum Gasteiger partial charge on any atom is -0.744 e. The van der Waals surface area contributed by atoms with Gasteiger partial charge >= 0.3 is 59.1 Å². The van der Waals surface area contributed by atoms with E-state index in [1.54, 1.807) is 0 Å². The van der Waals surface area contributed by atoms with Crippen molar-refractivity contribution in [2.75, 3.05) is 0 Å². The van der Waals surface area contributed by atoms with Crippen molar-refractivity contribution in [3.05, 3.63) is 42.6 Å². The van der Waals surface area contributed by atoms with Crippen molar-refractivity contribution in [1.29, 1.82) is 0 Å². The van der Waals surface area contributed by atoms with Crippen LogP contribution in [0.1, 0.15) is 0 Å². The predicted octanol–water partition coefficient (Wildman–Crippen LogP) is -3.83. The predicted molar refractivity (Wildman–Crippen MR) is 98.9 cm³/mol. The molecule has 0 bridgehead atoms. The average Bonchev–Trinajstić information content (AvgIpc) is 3.16. The Bertz CT molecular complexity index is 1670. The third-order valence-electron chi connectivity index (χ3n) is 4.69. The Morgan fingerprint density at radius 3 is 1.83 bits per heavy atom. The smallest absolute Gasteiger partial charge is 0.744 e. The second-order valence-corrected chi connectivity index (χ2v) is 9.10. The fraction of sp³-hybridized carbons (Fsp3) is 0. The molecule has 0 fully saturated rings. The Morgan fingerprint density at radius 2 is 1.27 bits per heavy atom. The van der Waals surface area contributed by atoms with Crippen LogP contribution >= 0.6 is 0 Å². The summed E-state index contributed by atoms with van der Waals surface area (Å²) in [5, 5.41) is 1.55. The third-order valence-corrected chi connectivity index (χ3v) is 6.35. The molecule has 0 aliphatic heterocycles. The second kappa shape index (κ2) is 7.85. The molecule has 0 saturated carbocycles. The quantitative estimate of drug-likeness (QED) is 0.201. The number of aromatic amines is 2. The number of H-pyrrole nitrogens is 2. The number of rotatable bonds is 2. The number of fused-ring (bicyclic) bond motifs is 7. The van der Waals surface area contributed by atoms with E-state index in [-0.39, 0.29) is 68.9 Å². The summed E-state index contributed by atoms with van der Waals surface area (Å²) in [6.07, 6.45) is 1.52. The molecule has 3 heterocycles. The van der Waals surface area contributed by atoms with Crippen LogP contribution in [-0.4, -0.2) is 40.9 Å². The number of hydrogen-bond donors (Lipinski definition) is 2. The molecule has 0 aliphatic rings. The fourth-order valence-corrected chi connectivity index (χ4v) is 4.46. The molecule has 2 N–H and O–H groups in total. The zero-order valence-electron chi connectivity index (χ0n) is 15.8. The molecule has 5 aromatic rings. The fourth-order valence-electron chi connectivity index (χ4n) is 3.47. The Hall–Kier alpha value is -0.990. The van der Waals surface area contributed by atoms with Gasteiger partial charge in [-0.3, -0.25) is 4.98 Å². The third kappa shape index (κ3) is 3.73. The molecule has 0 unspecified atom stereocenters. The first-order valence-corrected chi connectivity index (χ1v) is 10.7. The van der Waals surface area contributed by atoms with Crippen LogP contribution in [-0.2, 0) is 20.2 Å². The molecule has 0 amide bonds. The topological polar surface area (TPSA) is 159 Å². The summed E-state index contributed by atoms with van der Waals surface area (Å²) in [5.41, 5.74) is 2.72. The first-order chi connectivity index (χ1) is 13.1. The number of benzene rings is 2. The molecule has 0 spiro atoms. The molecule has 0 saturated heterocycles. The van der Waals surface area contributed by atoms with Crippen molar-refractivity contribution in [3.63, 3.8) is 0 Å². The van der Waals surface area contributed by atoms with Gasteiger partial charge in [-0.2, -0.15) is 0 Å². The van der Waals surface area contributed by atoms with Crippen LogP contribution in [0.3, 0.4) is 0 Å². The Labute approximate surface area is 214 Å². The van der Waals surface area contributed by atoms with Gasteiger partial charge in [0.05, 0.1) is 32.5 Å². The van der Waals surface area contributed by atoms with E-state index >= 15 is 0 Å². The number of pyridine rings is 1. The van der Waals surface area contributed by atoms with E-state index in [4.69, 9.17) is 0 Å². The van der Waals surface area contributed by atoms with Crippen molar-refractivity contribution < 1.29 is 85.1 Å². The molecule has 0 aliphatic carbocycles. The second-order valence-electron chi connectivity index (χ2n) is 6.34. The van der Waals surface area contributed by atoms with Crippen molar-refractivity contribution in [2.45, 2.75) is 9.79 Å². The number of nitrogens with zero attached hydrogens (tertiary/aromatic N) is 1. The molecule has 3 aromatic heterocycles. The van der Waals surface area contributed by atoms with E-state index in [2.05, 4.69) is 15.0 Å². The van der Waals surface area contributed by atoms with Crippen molar-refractivity contribution >= 4 is 64.0 Å². The van der Waals surface area contributed by atoms with Gasteiger partial charge < -0.3 is 19.1 Å². The van der Waals surface area contributed by atoms with Crippen LogP contribution in [0, 0.1) is 0 Å². The monoisotopic (exact) mass is 461 g/mol. The van der Waals surface area contributed by atoms with Gasteiger partial charge in [0.2, 0.25) is 0 Å².